The van der Waals surface area contributed by atoms with Crippen molar-refractivity contribution in [3.8, 4) is 23.0 Å². The number of hydrogen-bond donors (Lipinski definition) is 1. The van der Waals surface area contributed by atoms with Gasteiger partial charge in [-0.15, -0.1) is 0 Å². The summed E-state index contributed by atoms with van der Waals surface area (Å²) in [6, 6.07) is 11.6. The lowest BCUT2D eigenvalue weighted by Crippen LogP contribution is -2.21. The van der Waals surface area contributed by atoms with Gasteiger partial charge in [0.15, 0.2) is 11.5 Å². The second-order valence-electron chi connectivity index (χ2n) is 8.13. The van der Waals surface area contributed by atoms with E-state index in [1.54, 1.807) is 21.3 Å². The number of fused-ring (bicyclic) bond motifs is 1. The first-order valence-corrected chi connectivity index (χ1v) is 11.4. The van der Waals surface area contributed by atoms with Crippen molar-refractivity contribution in [3.05, 3.63) is 47.5 Å². The quantitative estimate of drug-likeness (QED) is 0.393. The Morgan fingerprint density at radius 1 is 0.906 bits per heavy atom. The monoisotopic (exact) mass is 441 g/mol. The molecule has 2 aromatic rings. The van der Waals surface area contributed by atoms with Crippen molar-refractivity contribution in [1.29, 1.82) is 0 Å². The van der Waals surface area contributed by atoms with Crippen LogP contribution in [0.1, 0.15) is 36.8 Å². The van der Waals surface area contributed by atoms with Crippen molar-refractivity contribution in [2.45, 2.75) is 38.5 Å². The zero-order valence-corrected chi connectivity index (χ0v) is 19.4. The first kappa shape index (κ1) is 23.9. The summed E-state index contributed by atoms with van der Waals surface area (Å²) in [7, 11) is 4.93. The highest BCUT2D eigenvalue weighted by molar-refractivity contribution is 5.84. The van der Waals surface area contributed by atoms with E-state index in [1.807, 2.05) is 36.4 Å². The average molecular weight is 442 g/mol. The highest BCUT2D eigenvalue weighted by Crippen LogP contribution is 2.34. The number of ketones is 1. The zero-order valence-electron chi connectivity index (χ0n) is 19.4. The predicted octanol–water partition coefficient (Wildman–Crippen LogP) is 4.23. The van der Waals surface area contributed by atoms with Crippen LogP contribution in [0.2, 0.25) is 0 Å². The number of rotatable bonds is 12. The van der Waals surface area contributed by atoms with E-state index in [0.717, 1.165) is 68.0 Å². The fourth-order valence-electron chi connectivity index (χ4n) is 4.17. The number of carbonyl (C=O) groups is 1. The second kappa shape index (κ2) is 12.3. The first-order valence-electron chi connectivity index (χ1n) is 11.4. The summed E-state index contributed by atoms with van der Waals surface area (Å²) in [6.45, 7) is 2.47. The first-order chi connectivity index (χ1) is 15.6. The van der Waals surface area contributed by atoms with Crippen LogP contribution in [0.25, 0.3) is 0 Å². The summed E-state index contributed by atoms with van der Waals surface area (Å²) in [5.41, 5.74) is 2.27. The van der Waals surface area contributed by atoms with E-state index in [9.17, 15) is 4.79 Å². The summed E-state index contributed by atoms with van der Waals surface area (Å²) in [4.78, 5) is 12.8. The Morgan fingerprint density at radius 3 is 2.38 bits per heavy atom. The lowest BCUT2D eigenvalue weighted by molar-refractivity contribution is -0.122. The topological polar surface area (TPSA) is 66.0 Å². The Bertz CT molecular complexity index is 883. The molecule has 0 bridgehead atoms. The normalized spacial score (nSPS) is 15.6. The van der Waals surface area contributed by atoms with E-state index in [4.69, 9.17) is 18.9 Å². The molecule has 1 unspecified atom stereocenters. The van der Waals surface area contributed by atoms with Gasteiger partial charge < -0.3 is 24.3 Å². The zero-order chi connectivity index (χ0) is 22.8. The van der Waals surface area contributed by atoms with E-state index < -0.39 is 0 Å². The number of aryl methyl sites for hydroxylation is 1. The fourth-order valence-corrected chi connectivity index (χ4v) is 4.17. The van der Waals surface area contributed by atoms with Gasteiger partial charge in [0.1, 0.15) is 17.3 Å². The largest absolute Gasteiger partial charge is 0.497 e. The molecule has 3 rings (SSSR count). The van der Waals surface area contributed by atoms with Gasteiger partial charge in [-0.1, -0.05) is 6.07 Å². The molecule has 0 saturated carbocycles. The molecule has 1 aliphatic rings. The fraction of sp³-hybridized carbons (Fsp3) is 0.500. The van der Waals surface area contributed by atoms with Gasteiger partial charge in [-0.25, -0.2) is 0 Å². The molecule has 1 atom stereocenters. The third-order valence-corrected chi connectivity index (χ3v) is 6.00. The number of nitrogens with one attached hydrogen (secondary N) is 1. The van der Waals surface area contributed by atoms with Gasteiger partial charge in [0.05, 0.1) is 27.9 Å². The Morgan fingerprint density at radius 2 is 1.62 bits per heavy atom. The van der Waals surface area contributed by atoms with Crippen molar-refractivity contribution in [1.82, 2.24) is 5.32 Å². The van der Waals surface area contributed by atoms with Gasteiger partial charge in [-0.2, -0.15) is 0 Å². The van der Waals surface area contributed by atoms with Gasteiger partial charge in [0, 0.05) is 18.4 Å². The molecule has 0 fully saturated rings. The number of Topliss-reactive ketones (excluding diaryl/α,β-unsaturated/α-hetero) is 1. The Hall–Kier alpha value is -2.73. The van der Waals surface area contributed by atoms with Crippen molar-refractivity contribution in [2.24, 2.45) is 5.92 Å². The molecule has 0 aromatic heterocycles. The molecule has 6 nitrogen and oxygen atoms in total. The van der Waals surface area contributed by atoms with E-state index >= 15 is 0 Å². The molecule has 1 N–H and O–H groups in total. The summed E-state index contributed by atoms with van der Waals surface area (Å²) >= 11 is 0. The molecular formula is C26H35NO5. The van der Waals surface area contributed by atoms with Crippen LogP contribution in [-0.4, -0.2) is 46.8 Å². The van der Waals surface area contributed by atoms with Gasteiger partial charge in [-0.05, 0) is 80.6 Å². The summed E-state index contributed by atoms with van der Waals surface area (Å²) in [5.74, 6) is 3.51. The molecule has 1 aliphatic carbocycles. The van der Waals surface area contributed by atoms with Crippen molar-refractivity contribution < 1.29 is 23.7 Å². The third kappa shape index (κ3) is 6.63. The molecule has 0 radical (unpaired) electrons. The standard InChI is InChI=1S/C26H35NO5/c1-29-22-8-4-9-23(18-22)32-14-6-13-27-12-5-7-19-10-11-20-16-25(30-2)26(31-3)17-21(20)15-24(19)28/h4,8-9,16-19,27H,5-7,10-15H2,1-3H3. The molecule has 0 spiro atoms. The number of benzene rings is 2. The van der Waals surface area contributed by atoms with E-state index in [1.165, 1.54) is 5.56 Å². The van der Waals surface area contributed by atoms with Crippen LogP contribution in [0, 0.1) is 5.92 Å². The number of ether oxygens (including phenoxy) is 4. The lowest BCUT2D eigenvalue weighted by atomic mass is 9.93. The number of carbonyl (C=O) groups excluding carboxylic acids is 1. The SMILES string of the molecule is COc1cccc(OCCCNCCCC2CCc3cc(OC)c(OC)cc3CC2=O)c1. The van der Waals surface area contributed by atoms with E-state index in [0.29, 0.717) is 24.6 Å². The van der Waals surface area contributed by atoms with Gasteiger partial charge >= 0.3 is 0 Å². The molecule has 6 heteroatoms. The van der Waals surface area contributed by atoms with Gasteiger partial charge in [0.2, 0.25) is 0 Å². The molecule has 174 valence electrons. The molecule has 0 saturated heterocycles. The second-order valence-corrected chi connectivity index (χ2v) is 8.13. The molecule has 32 heavy (non-hydrogen) atoms. The van der Waals surface area contributed by atoms with Crippen molar-refractivity contribution >= 4 is 5.78 Å². The van der Waals surface area contributed by atoms with Gasteiger partial charge in [0.25, 0.3) is 0 Å². The minimum Gasteiger partial charge on any atom is -0.497 e. The summed E-state index contributed by atoms with van der Waals surface area (Å²) < 4.78 is 21.8. The van der Waals surface area contributed by atoms with E-state index in [2.05, 4.69) is 5.32 Å². The van der Waals surface area contributed by atoms with Crippen LogP contribution in [0.5, 0.6) is 23.0 Å². The van der Waals surface area contributed by atoms with Crippen molar-refractivity contribution in [3.63, 3.8) is 0 Å². The highest BCUT2D eigenvalue weighted by atomic mass is 16.5. The Balaban J connectivity index is 1.34. The Kier molecular flexibility index (Phi) is 9.23. The third-order valence-electron chi connectivity index (χ3n) is 6.00. The average Bonchev–Trinajstić information content (AvgIpc) is 2.97. The van der Waals surface area contributed by atoms with Crippen LogP contribution in [0.3, 0.4) is 0 Å². The Labute approximate surface area is 191 Å². The van der Waals surface area contributed by atoms with Crippen LogP contribution >= 0.6 is 0 Å². The molecule has 0 heterocycles. The van der Waals surface area contributed by atoms with E-state index in [-0.39, 0.29) is 5.92 Å². The number of methoxy groups -OCH3 is 3. The maximum atomic E-state index is 12.8. The minimum absolute atomic E-state index is 0.123. The maximum absolute atomic E-state index is 12.8. The van der Waals surface area contributed by atoms with Crippen LogP contribution in [-0.2, 0) is 17.6 Å². The summed E-state index contributed by atoms with van der Waals surface area (Å²) in [6.07, 6.45) is 5.13. The molecule has 2 aromatic carbocycles. The smallest absolute Gasteiger partial charge is 0.161 e. The predicted molar refractivity (Wildman–Crippen MR) is 125 cm³/mol. The molecule has 0 amide bonds. The lowest BCUT2D eigenvalue weighted by Gasteiger charge is -2.13. The van der Waals surface area contributed by atoms with Gasteiger partial charge in [-0.3, -0.25) is 4.79 Å². The number of hydrogen-bond acceptors (Lipinski definition) is 6. The van der Waals surface area contributed by atoms with Crippen LogP contribution in [0.4, 0.5) is 0 Å². The molecule has 0 aliphatic heterocycles. The maximum Gasteiger partial charge on any atom is 0.161 e. The highest BCUT2D eigenvalue weighted by Gasteiger charge is 2.25. The summed E-state index contributed by atoms with van der Waals surface area (Å²) in [5, 5.41) is 3.46. The molecular weight excluding hydrogens is 406 g/mol. The minimum atomic E-state index is 0.123. The van der Waals surface area contributed by atoms with Crippen molar-refractivity contribution in [2.75, 3.05) is 41.0 Å². The van der Waals surface area contributed by atoms with Crippen LogP contribution < -0.4 is 24.3 Å². The van der Waals surface area contributed by atoms with Crippen LogP contribution in [0.15, 0.2) is 36.4 Å².